The van der Waals surface area contributed by atoms with Crippen LogP contribution in [0.15, 0.2) is 77.5 Å². The molecule has 10 nitrogen and oxygen atoms in total. The van der Waals surface area contributed by atoms with Crippen molar-refractivity contribution in [3.05, 3.63) is 105 Å². The van der Waals surface area contributed by atoms with Gasteiger partial charge in [0.25, 0.3) is 0 Å². The van der Waals surface area contributed by atoms with E-state index < -0.39 is 11.1 Å². The highest BCUT2D eigenvalue weighted by molar-refractivity contribution is 7.14. The van der Waals surface area contributed by atoms with Crippen LogP contribution >= 0.6 is 34.5 Å². The molecule has 0 radical (unpaired) electrons. The fraction of sp³-hybridized carbons (Fsp3) is 0.395. The summed E-state index contributed by atoms with van der Waals surface area (Å²) >= 11 is 14.2. The monoisotopic (exact) mass is 747 g/mol. The lowest BCUT2D eigenvalue weighted by Gasteiger charge is -2.47. The van der Waals surface area contributed by atoms with Gasteiger partial charge in [0.2, 0.25) is 5.91 Å². The van der Waals surface area contributed by atoms with Crippen LogP contribution in [0.5, 0.6) is 5.75 Å². The molecule has 1 N–H and O–H groups in total. The Morgan fingerprint density at radius 3 is 2.14 bits per heavy atom. The van der Waals surface area contributed by atoms with Crippen molar-refractivity contribution in [1.82, 2.24) is 24.7 Å². The number of halogens is 2. The summed E-state index contributed by atoms with van der Waals surface area (Å²) in [5.74, 6) is 0.943. The average molecular weight is 749 g/mol. The fourth-order valence-electron chi connectivity index (χ4n) is 6.75. The van der Waals surface area contributed by atoms with E-state index in [1.807, 2.05) is 71.3 Å². The molecule has 0 aliphatic carbocycles. The van der Waals surface area contributed by atoms with Crippen molar-refractivity contribution in [2.75, 3.05) is 44.6 Å². The molecule has 2 aliphatic rings. The highest BCUT2D eigenvalue weighted by Crippen LogP contribution is 2.54. The highest BCUT2D eigenvalue weighted by Gasteiger charge is 2.60. The van der Waals surface area contributed by atoms with Gasteiger partial charge in [0, 0.05) is 59.6 Å². The molecule has 0 bridgehead atoms. The zero-order chi connectivity index (χ0) is 36.6. The second-order valence-corrected chi connectivity index (χ2v) is 15.9. The second-order valence-electron chi connectivity index (χ2n) is 14.1. The van der Waals surface area contributed by atoms with Gasteiger partial charge in [-0.3, -0.25) is 29.6 Å². The van der Waals surface area contributed by atoms with Crippen LogP contribution < -0.4 is 10.1 Å². The first-order chi connectivity index (χ1) is 24.2. The van der Waals surface area contributed by atoms with Gasteiger partial charge < -0.3 is 15.0 Å². The molecule has 6 rings (SSSR count). The molecule has 51 heavy (non-hydrogen) atoms. The molecule has 13 heteroatoms. The van der Waals surface area contributed by atoms with Gasteiger partial charge in [0.1, 0.15) is 27.7 Å². The van der Waals surface area contributed by atoms with Crippen molar-refractivity contribution in [2.24, 2.45) is 4.99 Å². The zero-order valence-corrected chi connectivity index (χ0v) is 32.1. The normalized spacial score (nSPS) is 21.1. The summed E-state index contributed by atoms with van der Waals surface area (Å²) in [6, 6.07) is 17.0. The minimum Gasteiger partial charge on any atom is -0.493 e. The van der Waals surface area contributed by atoms with E-state index in [0.29, 0.717) is 65.0 Å². The SMILES string of the molecule is CCOc1cc(C(C)(C)C)ncc1C1=NC(C)(c2ccc(Cl)cc2)C(C)(c2ccc(Cl)cc2)N1C(=O)N1CCN(CC(=O)Nc2cncs2)CC1. The maximum absolute atomic E-state index is 15.2. The number of urea groups is 1. The molecule has 2 aliphatic heterocycles. The van der Waals surface area contributed by atoms with Gasteiger partial charge in [0.15, 0.2) is 0 Å². The van der Waals surface area contributed by atoms with Crippen LogP contribution in [0.1, 0.15) is 63.9 Å². The lowest BCUT2D eigenvalue weighted by atomic mass is 9.71. The quantitative estimate of drug-likeness (QED) is 0.197. The summed E-state index contributed by atoms with van der Waals surface area (Å²) < 4.78 is 6.27. The third-order valence-corrected chi connectivity index (χ3v) is 11.0. The number of carbonyl (C=O) groups excluding carboxylic acids is 2. The predicted octanol–water partition coefficient (Wildman–Crippen LogP) is 7.81. The average Bonchev–Trinajstić information content (AvgIpc) is 3.69. The topological polar surface area (TPSA) is 103 Å². The molecule has 1 saturated heterocycles. The summed E-state index contributed by atoms with van der Waals surface area (Å²) in [5, 5.41) is 4.79. The molecule has 4 aromatic rings. The molecule has 1 fully saturated rings. The molecule has 2 aromatic carbocycles. The van der Waals surface area contributed by atoms with Gasteiger partial charge in [-0.2, -0.15) is 0 Å². The van der Waals surface area contributed by atoms with Crippen molar-refractivity contribution in [2.45, 2.75) is 58.0 Å². The van der Waals surface area contributed by atoms with Crippen LogP contribution in [0.3, 0.4) is 0 Å². The summed E-state index contributed by atoms with van der Waals surface area (Å²) in [7, 11) is 0. The van der Waals surface area contributed by atoms with E-state index in [1.54, 1.807) is 17.9 Å². The van der Waals surface area contributed by atoms with Crippen LogP contribution in [0.2, 0.25) is 10.0 Å². The Labute approximate surface area is 313 Å². The summed E-state index contributed by atoms with van der Waals surface area (Å²) in [5.41, 5.74) is 2.63. The number of hydrogen-bond donors (Lipinski definition) is 1. The molecular weight excluding hydrogens is 705 g/mol. The molecular formula is C38H43Cl2N7O3S. The minimum atomic E-state index is -1.05. The zero-order valence-electron chi connectivity index (χ0n) is 29.7. The Morgan fingerprint density at radius 1 is 0.941 bits per heavy atom. The Balaban J connectivity index is 1.43. The number of aromatic nitrogens is 2. The maximum atomic E-state index is 15.2. The molecule has 268 valence electrons. The number of piperazine rings is 1. The number of pyridine rings is 1. The van der Waals surface area contributed by atoms with E-state index in [0.717, 1.165) is 16.8 Å². The fourth-order valence-corrected chi connectivity index (χ4v) is 7.54. The predicted molar refractivity (Wildman–Crippen MR) is 204 cm³/mol. The Morgan fingerprint density at radius 2 is 1.57 bits per heavy atom. The van der Waals surface area contributed by atoms with Gasteiger partial charge in [-0.1, -0.05) is 68.2 Å². The van der Waals surface area contributed by atoms with E-state index in [9.17, 15) is 4.79 Å². The molecule has 4 heterocycles. The van der Waals surface area contributed by atoms with Crippen LogP contribution in [0, 0.1) is 0 Å². The van der Waals surface area contributed by atoms with E-state index in [4.69, 9.17) is 37.9 Å². The molecule has 2 atom stereocenters. The Bertz CT molecular complexity index is 1910. The van der Waals surface area contributed by atoms with Crippen molar-refractivity contribution in [3.63, 3.8) is 0 Å². The number of nitrogens with one attached hydrogen (secondary N) is 1. The van der Waals surface area contributed by atoms with E-state index in [1.165, 1.54) is 11.3 Å². The lowest BCUT2D eigenvalue weighted by molar-refractivity contribution is -0.117. The number of amidine groups is 1. The van der Waals surface area contributed by atoms with Gasteiger partial charge in [0.05, 0.1) is 30.4 Å². The number of anilines is 1. The molecule has 2 unspecified atom stereocenters. The van der Waals surface area contributed by atoms with Gasteiger partial charge in [-0.05, 0) is 56.2 Å². The smallest absolute Gasteiger partial charge is 0.326 e. The van der Waals surface area contributed by atoms with Gasteiger partial charge >= 0.3 is 6.03 Å². The number of hydrogen-bond acceptors (Lipinski definition) is 8. The Hall–Kier alpha value is -4.03. The Kier molecular flexibility index (Phi) is 10.5. The minimum absolute atomic E-state index is 0.114. The summed E-state index contributed by atoms with van der Waals surface area (Å²) in [6.07, 6.45) is 3.41. The number of benzene rings is 2. The van der Waals surface area contributed by atoms with Crippen LogP contribution in [0.25, 0.3) is 0 Å². The number of nitrogens with zero attached hydrogens (tertiary/aromatic N) is 6. The first-order valence-corrected chi connectivity index (χ1v) is 18.6. The van der Waals surface area contributed by atoms with Crippen molar-refractivity contribution in [3.8, 4) is 5.75 Å². The number of ether oxygens (including phenoxy) is 1. The van der Waals surface area contributed by atoms with Crippen LogP contribution in [-0.2, 0) is 21.3 Å². The number of amides is 3. The van der Waals surface area contributed by atoms with E-state index in [2.05, 4.69) is 49.8 Å². The summed E-state index contributed by atoms with van der Waals surface area (Å²) in [6.45, 7) is 14.9. The van der Waals surface area contributed by atoms with E-state index >= 15 is 4.79 Å². The van der Waals surface area contributed by atoms with Gasteiger partial charge in [-0.25, -0.2) is 4.79 Å². The first kappa shape index (κ1) is 36.8. The lowest BCUT2D eigenvalue weighted by Crippen LogP contribution is -2.61. The highest BCUT2D eigenvalue weighted by atomic mass is 35.5. The first-order valence-electron chi connectivity index (χ1n) is 17.0. The van der Waals surface area contributed by atoms with Gasteiger partial charge in [-0.15, -0.1) is 11.3 Å². The van der Waals surface area contributed by atoms with Crippen LogP contribution in [0.4, 0.5) is 9.80 Å². The standard InChI is InChI=1S/C38H43Cl2N7O3S/c1-7-50-30-20-31(36(2,3)4)42-21-29(30)34-44-37(5,25-8-12-27(39)13-9-25)38(6,26-10-14-28(40)15-11-26)47(34)35(49)46-18-16-45(17-19-46)23-32(48)43-33-22-41-24-51-33/h8-15,20-22,24H,7,16-19,23H2,1-6H3,(H,43,48). The van der Waals surface area contributed by atoms with Crippen molar-refractivity contribution in [1.29, 1.82) is 0 Å². The molecule has 2 aromatic heterocycles. The largest absolute Gasteiger partial charge is 0.493 e. The number of aliphatic imine (C=N–C) groups is 1. The molecule has 0 spiro atoms. The third kappa shape index (κ3) is 7.22. The van der Waals surface area contributed by atoms with Crippen LogP contribution in [-0.4, -0.2) is 81.8 Å². The molecule has 0 saturated carbocycles. The number of carbonyl (C=O) groups is 2. The van der Waals surface area contributed by atoms with Crippen molar-refractivity contribution < 1.29 is 14.3 Å². The molecule has 3 amide bonds. The second kappa shape index (κ2) is 14.5. The summed E-state index contributed by atoms with van der Waals surface area (Å²) in [4.78, 5) is 48.1. The third-order valence-electron chi connectivity index (χ3n) is 9.82. The number of rotatable bonds is 8. The van der Waals surface area contributed by atoms with Crippen molar-refractivity contribution >= 4 is 57.3 Å². The maximum Gasteiger partial charge on any atom is 0.326 e. The van der Waals surface area contributed by atoms with E-state index in [-0.39, 0.29) is 23.9 Å². The number of thiazole rings is 1.